The molecule has 3 N–H and O–H groups in total. The van der Waals surface area contributed by atoms with E-state index in [1.807, 2.05) is 0 Å². The average Bonchev–Trinajstić information content (AvgIpc) is 1.83. The second-order valence-electron chi connectivity index (χ2n) is 3.67. The molecule has 0 radical (unpaired) electrons. The fourth-order valence-corrected chi connectivity index (χ4v) is 1.21. The molecule has 2 unspecified atom stereocenters. The number of rotatable bonds is 4. The first kappa shape index (κ1) is 8.97. The Morgan fingerprint density at radius 1 is 1.64 bits per heavy atom. The number of hydrogen-bond acceptors (Lipinski definition) is 3. The summed E-state index contributed by atoms with van der Waals surface area (Å²) in [5, 5.41) is 15.2. The molecule has 1 fully saturated rings. The van der Waals surface area contributed by atoms with Crippen LogP contribution < -0.4 is 10.6 Å². The summed E-state index contributed by atoms with van der Waals surface area (Å²) in [5.74, 6) is 0.708. The third-order valence-corrected chi connectivity index (χ3v) is 1.88. The monoisotopic (exact) mass is 158 g/mol. The van der Waals surface area contributed by atoms with Gasteiger partial charge in [-0.3, -0.25) is 5.32 Å². The normalized spacial score (nSPS) is 30.5. The smallest absolute Gasteiger partial charge is 0.106 e. The predicted octanol–water partition coefficient (Wildman–Crippen LogP) is -0.0877. The summed E-state index contributed by atoms with van der Waals surface area (Å²) in [4.78, 5) is 0. The van der Waals surface area contributed by atoms with Crippen LogP contribution in [0.2, 0.25) is 0 Å². The predicted molar refractivity (Wildman–Crippen MR) is 45.3 cm³/mol. The van der Waals surface area contributed by atoms with E-state index in [1.54, 1.807) is 0 Å². The molecule has 3 heteroatoms. The third kappa shape index (κ3) is 3.18. The minimum atomic E-state index is -0.249. The Balaban J connectivity index is 1.89. The maximum absolute atomic E-state index is 8.89. The van der Waals surface area contributed by atoms with Crippen LogP contribution in [0.15, 0.2) is 0 Å². The molecule has 66 valence electrons. The molecule has 0 bridgehead atoms. The van der Waals surface area contributed by atoms with Gasteiger partial charge in [0.2, 0.25) is 0 Å². The van der Waals surface area contributed by atoms with Gasteiger partial charge in [-0.25, -0.2) is 0 Å². The number of nitrogens with one attached hydrogen (secondary N) is 2. The Morgan fingerprint density at radius 3 is 2.73 bits per heavy atom. The number of aliphatic hydroxyl groups excluding tert-OH is 1. The summed E-state index contributed by atoms with van der Waals surface area (Å²) in [6.07, 6.45) is 0.645. The fraction of sp³-hybridized carbons (Fsp3) is 1.00. The van der Waals surface area contributed by atoms with Crippen LogP contribution in [0.25, 0.3) is 0 Å². The Labute approximate surface area is 68.2 Å². The van der Waals surface area contributed by atoms with Gasteiger partial charge in [-0.15, -0.1) is 0 Å². The molecule has 1 aliphatic rings. The van der Waals surface area contributed by atoms with E-state index in [-0.39, 0.29) is 6.23 Å². The highest BCUT2D eigenvalue weighted by molar-refractivity contribution is 4.82. The maximum atomic E-state index is 8.89. The molecule has 0 aliphatic carbocycles. The molecular formula is C8H18N2O. The van der Waals surface area contributed by atoms with Crippen LogP contribution >= 0.6 is 0 Å². The lowest BCUT2D eigenvalue weighted by molar-refractivity contribution is 0.0341. The van der Waals surface area contributed by atoms with Crippen molar-refractivity contribution >= 4 is 0 Å². The van der Waals surface area contributed by atoms with Gasteiger partial charge in [0.05, 0.1) is 0 Å². The van der Waals surface area contributed by atoms with Gasteiger partial charge in [0.25, 0.3) is 0 Å². The van der Waals surface area contributed by atoms with E-state index in [4.69, 9.17) is 5.11 Å². The van der Waals surface area contributed by atoms with Crippen molar-refractivity contribution in [1.29, 1.82) is 0 Å². The molecule has 1 rings (SSSR count). The second kappa shape index (κ2) is 4.04. The van der Waals surface area contributed by atoms with E-state index in [0.29, 0.717) is 12.0 Å². The molecule has 0 saturated carbocycles. The van der Waals surface area contributed by atoms with E-state index < -0.39 is 0 Å². The molecule has 3 nitrogen and oxygen atoms in total. The third-order valence-electron chi connectivity index (χ3n) is 1.88. The summed E-state index contributed by atoms with van der Waals surface area (Å²) in [5.41, 5.74) is 0. The van der Waals surface area contributed by atoms with Crippen molar-refractivity contribution in [2.24, 2.45) is 5.92 Å². The molecule has 1 saturated heterocycles. The molecule has 11 heavy (non-hydrogen) atoms. The highest BCUT2D eigenvalue weighted by atomic mass is 16.3. The summed E-state index contributed by atoms with van der Waals surface area (Å²) >= 11 is 0. The topological polar surface area (TPSA) is 44.3 Å². The number of hydrogen-bond donors (Lipinski definition) is 3. The maximum Gasteiger partial charge on any atom is 0.106 e. The molecule has 0 aromatic rings. The molecular weight excluding hydrogens is 140 g/mol. The highest BCUT2D eigenvalue weighted by Gasteiger charge is 2.24. The van der Waals surface area contributed by atoms with Crippen LogP contribution in [0.5, 0.6) is 0 Å². The van der Waals surface area contributed by atoms with Gasteiger partial charge in [-0.1, -0.05) is 13.8 Å². The van der Waals surface area contributed by atoms with Gasteiger partial charge < -0.3 is 10.4 Å². The van der Waals surface area contributed by atoms with Crippen molar-refractivity contribution < 1.29 is 5.11 Å². The molecule has 1 aliphatic heterocycles. The summed E-state index contributed by atoms with van der Waals surface area (Å²) < 4.78 is 0. The summed E-state index contributed by atoms with van der Waals surface area (Å²) in [6, 6.07) is 0.490. The lowest BCUT2D eigenvalue weighted by Crippen LogP contribution is -2.56. The van der Waals surface area contributed by atoms with E-state index in [9.17, 15) is 0 Å². The van der Waals surface area contributed by atoms with Crippen molar-refractivity contribution in [2.45, 2.75) is 32.5 Å². The SMILES string of the molecule is CC(C)CNCC1CC(O)N1. The van der Waals surface area contributed by atoms with Crippen molar-refractivity contribution in [1.82, 2.24) is 10.6 Å². The van der Waals surface area contributed by atoms with Gasteiger partial charge in [-0.05, 0) is 12.5 Å². The van der Waals surface area contributed by atoms with Gasteiger partial charge in [-0.2, -0.15) is 0 Å². The van der Waals surface area contributed by atoms with E-state index >= 15 is 0 Å². The molecule has 0 aromatic carbocycles. The highest BCUT2D eigenvalue weighted by Crippen LogP contribution is 2.06. The molecule has 0 spiro atoms. The second-order valence-corrected chi connectivity index (χ2v) is 3.67. The van der Waals surface area contributed by atoms with Crippen molar-refractivity contribution in [2.75, 3.05) is 13.1 Å². The minimum Gasteiger partial charge on any atom is -0.379 e. The minimum absolute atomic E-state index is 0.249. The molecule has 0 aromatic heterocycles. The zero-order valence-electron chi connectivity index (χ0n) is 7.30. The van der Waals surface area contributed by atoms with Gasteiger partial charge in [0.1, 0.15) is 6.23 Å². The Bertz CT molecular complexity index is 111. The van der Waals surface area contributed by atoms with Crippen LogP contribution in [-0.4, -0.2) is 30.5 Å². The van der Waals surface area contributed by atoms with Crippen LogP contribution in [0.1, 0.15) is 20.3 Å². The van der Waals surface area contributed by atoms with Gasteiger partial charge >= 0.3 is 0 Å². The van der Waals surface area contributed by atoms with Crippen molar-refractivity contribution in [3.8, 4) is 0 Å². The zero-order chi connectivity index (χ0) is 8.27. The summed E-state index contributed by atoms with van der Waals surface area (Å²) in [7, 11) is 0. The van der Waals surface area contributed by atoms with Gasteiger partial charge in [0, 0.05) is 19.0 Å². The molecule has 1 heterocycles. The molecule has 2 atom stereocenters. The van der Waals surface area contributed by atoms with Crippen LogP contribution in [0.4, 0.5) is 0 Å². The Hall–Kier alpha value is -0.120. The number of aliphatic hydroxyl groups is 1. The van der Waals surface area contributed by atoms with Crippen molar-refractivity contribution in [3.05, 3.63) is 0 Å². The van der Waals surface area contributed by atoms with E-state index in [1.165, 1.54) is 0 Å². The van der Waals surface area contributed by atoms with Gasteiger partial charge in [0.15, 0.2) is 0 Å². The lowest BCUT2D eigenvalue weighted by atomic mass is 10.1. The largest absolute Gasteiger partial charge is 0.379 e. The fourth-order valence-electron chi connectivity index (χ4n) is 1.21. The Kier molecular flexibility index (Phi) is 3.30. The first-order chi connectivity index (χ1) is 5.18. The van der Waals surface area contributed by atoms with Crippen LogP contribution in [0.3, 0.4) is 0 Å². The summed E-state index contributed by atoms with van der Waals surface area (Å²) in [6.45, 7) is 6.43. The standard InChI is InChI=1S/C8H18N2O/c1-6(2)4-9-5-7-3-8(11)10-7/h6-11H,3-5H2,1-2H3. The van der Waals surface area contributed by atoms with E-state index in [0.717, 1.165) is 19.5 Å². The van der Waals surface area contributed by atoms with Crippen LogP contribution in [-0.2, 0) is 0 Å². The quantitative estimate of drug-likeness (QED) is 0.536. The van der Waals surface area contributed by atoms with Crippen molar-refractivity contribution in [3.63, 3.8) is 0 Å². The first-order valence-electron chi connectivity index (χ1n) is 4.33. The first-order valence-corrected chi connectivity index (χ1v) is 4.33. The molecule has 0 amide bonds. The Morgan fingerprint density at radius 2 is 2.27 bits per heavy atom. The lowest BCUT2D eigenvalue weighted by Gasteiger charge is -2.33. The van der Waals surface area contributed by atoms with E-state index in [2.05, 4.69) is 24.5 Å². The zero-order valence-corrected chi connectivity index (χ0v) is 7.30. The average molecular weight is 158 g/mol. The van der Waals surface area contributed by atoms with Crippen LogP contribution in [0, 0.1) is 5.92 Å².